The molecule has 2 aromatic carbocycles. The van der Waals surface area contributed by atoms with Crippen LogP contribution in [0.1, 0.15) is 16.1 Å². The van der Waals surface area contributed by atoms with Crippen LogP contribution in [0.2, 0.25) is 0 Å². The zero-order valence-corrected chi connectivity index (χ0v) is 16.8. The number of aromatic nitrogens is 3. The molecule has 8 heteroatoms. The first-order chi connectivity index (χ1) is 15.2. The van der Waals surface area contributed by atoms with Crippen molar-refractivity contribution in [2.45, 2.75) is 6.04 Å². The number of hydrogen-bond acceptors (Lipinski definition) is 7. The molecule has 4 aromatic rings. The molecule has 152 valence electrons. The predicted molar refractivity (Wildman–Crippen MR) is 114 cm³/mol. The molecule has 1 amide bonds. The lowest BCUT2D eigenvalue weighted by Crippen LogP contribution is -2.60. The van der Waals surface area contributed by atoms with Gasteiger partial charge in [-0.1, -0.05) is 35.5 Å². The van der Waals surface area contributed by atoms with Gasteiger partial charge in [0.2, 0.25) is 0 Å². The SMILES string of the molecule is CN(C(=O)c1ccc2noc(-c3ccccc3)c2c1)C1CN(c2nccnc2C#N)C1. The van der Waals surface area contributed by atoms with Crippen LogP contribution < -0.4 is 4.90 Å². The molecule has 1 fully saturated rings. The van der Waals surface area contributed by atoms with Crippen molar-refractivity contribution in [3.63, 3.8) is 0 Å². The first kappa shape index (κ1) is 18.8. The van der Waals surface area contributed by atoms with Crippen molar-refractivity contribution >= 4 is 22.6 Å². The van der Waals surface area contributed by atoms with Gasteiger partial charge in [0.05, 0.1) is 11.4 Å². The van der Waals surface area contributed by atoms with E-state index in [9.17, 15) is 10.1 Å². The minimum atomic E-state index is -0.0774. The van der Waals surface area contributed by atoms with Gasteiger partial charge in [0.1, 0.15) is 11.6 Å². The van der Waals surface area contributed by atoms with Crippen molar-refractivity contribution in [1.82, 2.24) is 20.0 Å². The summed E-state index contributed by atoms with van der Waals surface area (Å²) in [4.78, 5) is 25.1. The summed E-state index contributed by atoms with van der Waals surface area (Å²) in [6, 6.07) is 17.2. The van der Waals surface area contributed by atoms with Crippen LogP contribution in [0.25, 0.3) is 22.2 Å². The quantitative estimate of drug-likeness (QED) is 0.510. The number of nitrogens with zero attached hydrogens (tertiary/aromatic N) is 6. The summed E-state index contributed by atoms with van der Waals surface area (Å²) in [7, 11) is 1.79. The van der Waals surface area contributed by atoms with E-state index in [0.29, 0.717) is 41.4 Å². The smallest absolute Gasteiger partial charge is 0.253 e. The average molecular weight is 410 g/mol. The van der Waals surface area contributed by atoms with Gasteiger partial charge in [-0.3, -0.25) is 4.79 Å². The Morgan fingerprint density at radius 3 is 2.71 bits per heavy atom. The van der Waals surface area contributed by atoms with E-state index >= 15 is 0 Å². The van der Waals surface area contributed by atoms with Gasteiger partial charge < -0.3 is 14.3 Å². The fraction of sp³-hybridized carbons (Fsp3) is 0.174. The standard InChI is InChI=1S/C23H18N6O2/c1-28(17-13-29(14-17)22-20(12-24)25-9-10-26-22)23(30)16-7-8-19-18(11-16)21(31-27-19)15-5-3-2-4-6-15/h2-11,17H,13-14H2,1H3. The molecule has 1 saturated heterocycles. The second-order valence-electron chi connectivity index (χ2n) is 7.42. The van der Waals surface area contributed by atoms with Gasteiger partial charge in [0.25, 0.3) is 5.91 Å². The van der Waals surface area contributed by atoms with Gasteiger partial charge in [-0.25, -0.2) is 9.97 Å². The van der Waals surface area contributed by atoms with Crippen molar-refractivity contribution < 1.29 is 9.32 Å². The van der Waals surface area contributed by atoms with Crippen LogP contribution in [0.3, 0.4) is 0 Å². The average Bonchev–Trinajstić information content (AvgIpc) is 3.21. The third-order valence-electron chi connectivity index (χ3n) is 5.57. The Morgan fingerprint density at radius 1 is 1.16 bits per heavy atom. The highest BCUT2D eigenvalue weighted by atomic mass is 16.5. The van der Waals surface area contributed by atoms with Gasteiger partial charge in [0, 0.05) is 43.7 Å². The number of amides is 1. The van der Waals surface area contributed by atoms with E-state index < -0.39 is 0 Å². The highest BCUT2D eigenvalue weighted by Crippen LogP contribution is 2.30. The zero-order chi connectivity index (χ0) is 21.4. The highest BCUT2D eigenvalue weighted by molar-refractivity contribution is 6.01. The van der Waals surface area contributed by atoms with E-state index in [2.05, 4.69) is 21.2 Å². The monoisotopic (exact) mass is 410 g/mol. The molecule has 0 radical (unpaired) electrons. The number of benzene rings is 2. The Bertz CT molecular complexity index is 1300. The third kappa shape index (κ3) is 3.26. The molecule has 0 N–H and O–H groups in total. The van der Waals surface area contributed by atoms with Gasteiger partial charge >= 0.3 is 0 Å². The second kappa shape index (κ2) is 7.54. The van der Waals surface area contributed by atoms with E-state index in [0.717, 1.165) is 10.9 Å². The third-order valence-corrected chi connectivity index (χ3v) is 5.57. The lowest BCUT2D eigenvalue weighted by Gasteiger charge is -2.44. The topological polar surface area (TPSA) is 99.2 Å². The number of hydrogen-bond donors (Lipinski definition) is 0. The number of anilines is 1. The summed E-state index contributed by atoms with van der Waals surface area (Å²) in [6.45, 7) is 1.20. The summed E-state index contributed by atoms with van der Waals surface area (Å²) in [6.07, 6.45) is 3.07. The maximum Gasteiger partial charge on any atom is 0.253 e. The first-order valence-electron chi connectivity index (χ1n) is 9.84. The van der Waals surface area contributed by atoms with Gasteiger partial charge in [0.15, 0.2) is 17.3 Å². The number of likely N-dealkylation sites (N-methyl/N-ethyl adjacent to an activating group) is 1. The molecule has 0 saturated carbocycles. The highest BCUT2D eigenvalue weighted by Gasteiger charge is 2.35. The lowest BCUT2D eigenvalue weighted by molar-refractivity contribution is 0.0705. The predicted octanol–water partition coefficient (Wildman–Crippen LogP) is 3.12. The van der Waals surface area contributed by atoms with Gasteiger partial charge in [-0.15, -0.1) is 0 Å². The Hall–Kier alpha value is -4.25. The zero-order valence-electron chi connectivity index (χ0n) is 16.8. The Kier molecular flexibility index (Phi) is 4.56. The summed E-state index contributed by atoms with van der Waals surface area (Å²) < 4.78 is 5.54. The molecule has 0 unspecified atom stereocenters. The molecule has 1 aliphatic rings. The molecule has 0 atom stereocenters. The van der Waals surface area contributed by atoms with Crippen LogP contribution >= 0.6 is 0 Å². The molecular formula is C23H18N6O2. The van der Waals surface area contributed by atoms with Crippen molar-refractivity contribution in [2.75, 3.05) is 25.0 Å². The maximum absolute atomic E-state index is 13.1. The van der Waals surface area contributed by atoms with Crippen LogP contribution in [0.5, 0.6) is 0 Å². The minimum Gasteiger partial charge on any atom is -0.355 e. The fourth-order valence-electron chi connectivity index (χ4n) is 3.76. The Balaban J connectivity index is 1.35. The van der Waals surface area contributed by atoms with Crippen molar-refractivity contribution in [2.24, 2.45) is 0 Å². The largest absolute Gasteiger partial charge is 0.355 e. The summed E-state index contributed by atoms with van der Waals surface area (Å²) >= 11 is 0. The van der Waals surface area contributed by atoms with Crippen LogP contribution in [0, 0.1) is 11.3 Å². The van der Waals surface area contributed by atoms with Crippen LogP contribution in [0.4, 0.5) is 5.82 Å². The molecular weight excluding hydrogens is 392 g/mol. The van der Waals surface area contributed by atoms with E-state index in [-0.39, 0.29) is 11.9 Å². The molecule has 31 heavy (non-hydrogen) atoms. The molecule has 3 heterocycles. The number of carbonyl (C=O) groups excluding carboxylic acids is 1. The Labute approximate surface area is 178 Å². The maximum atomic E-state index is 13.1. The van der Waals surface area contributed by atoms with E-state index in [4.69, 9.17) is 4.52 Å². The van der Waals surface area contributed by atoms with Crippen LogP contribution in [-0.4, -0.2) is 52.1 Å². The molecule has 0 bridgehead atoms. The summed E-state index contributed by atoms with van der Waals surface area (Å²) in [5, 5.41) is 14.1. The van der Waals surface area contributed by atoms with Crippen molar-refractivity contribution in [3.05, 3.63) is 72.2 Å². The second-order valence-corrected chi connectivity index (χ2v) is 7.42. The van der Waals surface area contributed by atoms with Crippen LogP contribution in [0.15, 0.2) is 65.4 Å². The van der Waals surface area contributed by atoms with Gasteiger partial charge in [-0.05, 0) is 18.2 Å². The number of fused-ring (bicyclic) bond motifs is 1. The summed E-state index contributed by atoms with van der Waals surface area (Å²) in [5.74, 6) is 1.13. The van der Waals surface area contributed by atoms with Crippen molar-refractivity contribution in [1.29, 1.82) is 5.26 Å². The molecule has 1 aliphatic heterocycles. The lowest BCUT2D eigenvalue weighted by atomic mass is 10.0. The normalized spacial score (nSPS) is 13.6. The molecule has 0 spiro atoms. The van der Waals surface area contributed by atoms with Crippen molar-refractivity contribution in [3.8, 4) is 17.4 Å². The minimum absolute atomic E-state index is 0.0211. The fourth-order valence-corrected chi connectivity index (χ4v) is 3.76. The number of carbonyl (C=O) groups is 1. The molecule has 0 aliphatic carbocycles. The van der Waals surface area contributed by atoms with Crippen LogP contribution in [-0.2, 0) is 0 Å². The molecule has 8 nitrogen and oxygen atoms in total. The summed E-state index contributed by atoms with van der Waals surface area (Å²) in [5.41, 5.74) is 2.49. The number of nitriles is 1. The number of rotatable bonds is 4. The molecule has 2 aromatic heterocycles. The van der Waals surface area contributed by atoms with E-state index in [1.54, 1.807) is 30.3 Å². The molecule has 5 rings (SSSR count). The first-order valence-corrected chi connectivity index (χ1v) is 9.84. The van der Waals surface area contributed by atoms with E-state index in [1.807, 2.05) is 41.3 Å². The van der Waals surface area contributed by atoms with Gasteiger partial charge in [-0.2, -0.15) is 5.26 Å². The Morgan fingerprint density at radius 2 is 1.94 bits per heavy atom. The van der Waals surface area contributed by atoms with E-state index in [1.165, 1.54) is 6.20 Å².